The Hall–Kier alpha value is -3.41. The standard InChI is InChI=1S/C24H26N4O2/c1-18-11-14-25-28(18)22-10-6-9-21(17-22)26-23(30)24(20-7-4-3-5-8-20)12-15-27(16-13-24)19(2)29/h3-11,14,17H,12-13,15-16H2,1-2H3,(H,26,30). The van der Waals surface area contributed by atoms with Gasteiger partial charge in [-0.1, -0.05) is 36.4 Å². The van der Waals surface area contributed by atoms with E-state index in [0.717, 1.165) is 22.6 Å². The lowest BCUT2D eigenvalue weighted by atomic mass is 9.72. The quantitative estimate of drug-likeness (QED) is 0.724. The number of likely N-dealkylation sites (tertiary alicyclic amines) is 1. The molecule has 0 aliphatic carbocycles. The second kappa shape index (κ2) is 8.14. The molecule has 1 aliphatic heterocycles. The molecule has 0 unspecified atom stereocenters. The molecule has 6 heteroatoms. The Morgan fingerprint density at radius 1 is 1.00 bits per heavy atom. The largest absolute Gasteiger partial charge is 0.343 e. The lowest BCUT2D eigenvalue weighted by Gasteiger charge is -2.40. The summed E-state index contributed by atoms with van der Waals surface area (Å²) >= 11 is 0. The number of anilines is 1. The molecule has 2 amide bonds. The number of aromatic nitrogens is 2. The van der Waals surface area contributed by atoms with E-state index >= 15 is 0 Å². The number of piperidine rings is 1. The Morgan fingerprint density at radius 2 is 1.73 bits per heavy atom. The van der Waals surface area contributed by atoms with E-state index in [1.807, 2.05) is 77.2 Å². The minimum absolute atomic E-state index is 0.0359. The van der Waals surface area contributed by atoms with Crippen molar-refractivity contribution in [3.05, 3.63) is 78.1 Å². The van der Waals surface area contributed by atoms with Crippen molar-refractivity contribution in [1.82, 2.24) is 14.7 Å². The van der Waals surface area contributed by atoms with E-state index in [2.05, 4.69) is 10.4 Å². The fourth-order valence-corrected chi connectivity index (χ4v) is 4.21. The van der Waals surface area contributed by atoms with E-state index < -0.39 is 5.41 Å². The van der Waals surface area contributed by atoms with Crippen LogP contribution < -0.4 is 5.32 Å². The van der Waals surface area contributed by atoms with Crippen LogP contribution in [0.1, 0.15) is 31.0 Å². The molecule has 154 valence electrons. The summed E-state index contributed by atoms with van der Waals surface area (Å²) in [6, 6.07) is 19.5. The van der Waals surface area contributed by atoms with Crippen molar-refractivity contribution in [1.29, 1.82) is 0 Å². The summed E-state index contributed by atoms with van der Waals surface area (Å²) in [6.07, 6.45) is 2.95. The molecule has 1 aliphatic rings. The first-order valence-corrected chi connectivity index (χ1v) is 10.2. The molecule has 6 nitrogen and oxygen atoms in total. The third-order valence-electron chi connectivity index (χ3n) is 6.00. The maximum Gasteiger partial charge on any atom is 0.235 e. The average molecular weight is 402 g/mol. The minimum Gasteiger partial charge on any atom is -0.343 e. The van der Waals surface area contributed by atoms with Crippen LogP contribution in [-0.2, 0) is 15.0 Å². The van der Waals surface area contributed by atoms with Crippen molar-refractivity contribution in [3.63, 3.8) is 0 Å². The van der Waals surface area contributed by atoms with E-state index in [1.54, 1.807) is 13.1 Å². The van der Waals surface area contributed by atoms with Crippen LogP contribution in [0, 0.1) is 6.92 Å². The van der Waals surface area contributed by atoms with E-state index in [4.69, 9.17) is 0 Å². The van der Waals surface area contributed by atoms with Crippen LogP contribution in [0.15, 0.2) is 66.9 Å². The van der Waals surface area contributed by atoms with Crippen LogP contribution >= 0.6 is 0 Å². The lowest BCUT2D eigenvalue weighted by Crippen LogP contribution is -2.50. The minimum atomic E-state index is -0.662. The summed E-state index contributed by atoms with van der Waals surface area (Å²) < 4.78 is 1.84. The highest BCUT2D eigenvalue weighted by Gasteiger charge is 2.43. The predicted octanol–water partition coefficient (Wildman–Crippen LogP) is 3.70. The smallest absolute Gasteiger partial charge is 0.235 e. The van der Waals surface area contributed by atoms with E-state index in [9.17, 15) is 9.59 Å². The first-order valence-electron chi connectivity index (χ1n) is 10.2. The number of carbonyl (C=O) groups excluding carboxylic acids is 2. The van der Waals surface area contributed by atoms with Crippen LogP contribution in [-0.4, -0.2) is 39.6 Å². The van der Waals surface area contributed by atoms with Crippen LogP contribution in [0.5, 0.6) is 0 Å². The van der Waals surface area contributed by atoms with Gasteiger partial charge in [-0.3, -0.25) is 9.59 Å². The number of benzene rings is 2. The second-order valence-electron chi connectivity index (χ2n) is 7.84. The summed E-state index contributed by atoms with van der Waals surface area (Å²) in [7, 11) is 0. The molecule has 3 aromatic rings. The Bertz CT molecular complexity index is 1050. The van der Waals surface area contributed by atoms with Gasteiger partial charge in [0.05, 0.1) is 11.1 Å². The van der Waals surface area contributed by atoms with Gasteiger partial charge in [0.15, 0.2) is 0 Å². The van der Waals surface area contributed by atoms with E-state index in [0.29, 0.717) is 25.9 Å². The van der Waals surface area contributed by atoms with Crippen molar-refractivity contribution >= 4 is 17.5 Å². The number of nitrogens with one attached hydrogen (secondary N) is 1. The molecule has 0 bridgehead atoms. The molecular formula is C24H26N4O2. The van der Waals surface area contributed by atoms with Crippen LogP contribution in [0.2, 0.25) is 0 Å². The first kappa shape index (κ1) is 19.9. The Morgan fingerprint density at radius 3 is 2.37 bits per heavy atom. The molecule has 2 aromatic carbocycles. The molecule has 1 fully saturated rings. The maximum absolute atomic E-state index is 13.6. The van der Waals surface area contributed by atoms with Crippen LogP contribution in [0.4, 0.5) is 5.69 Å². The summed E-state index contributed by atoms with van der Waals surface area (Å²) in [5.41, 5.74) is 2.98. The zero-order chi connectivity index (χ0) is 21.1. The normalized spacial score (nSPS) is 15.6. The molecule has 0 atom stereocenters. The highest BCUT2D eigenvalue weighted by Crippen LogP contribution is 2.37. The number of hydrogen-bond donors (Lipinski definition) is 1. The highest BCUT2D eigenvalue weighted by atomic mass is 16.2. The first-order chi connectivity index (χ1) is 14.5. The highest BCUT2D eigenvalue weighted by molar-refractivity contribution is 5.99. The molecular weight excluding hydrogens is 376 g/mol. The number of hydrogen-bond acceptors (Lipinski definition) is 3. The molecule has 30 heavy (non-hydrogen) atoms. The summed E-state index contributed by atoms with van der Waals surface area (Å²) in [5, 5.41) is 7.48. The van der Waals surface area contributed by atoms with Gasteiger partial charge in [-0.05, 0) is 49.6 Å². The van der Waals surface area contributed by atoms with Crippen molar-refractivity contribution in [2.75, 3.05) is 18.4 Å². The van der Waals surface area contributed by atoms with Gasteiger partial charge in [-0.2, -0.15) is 5.10 Å². The number of aryl methyl sites for hydroxylation is 1. The molecule has 1 aromatic heterocycles. The number of nitrogens with zero attached hydrogens (tertiary/aromatic N) is 3. The number of amides is 2. The van der Waals surface area contributed by atoms with Crippen molar-refractivity contribution in [2.45, 2.75) is 32.1 Å². The number of rotatable bonds is 4. The topological polar surface area (TPSA) is 67.2 Å². The fourth-order valence-electron chi connectivity index (χ4n) is 4.21. The van der Waals surface area contributed by atoms with Gasteiger partial charge < -0.3 is 10.2 Å². The molecule has 1 saturated heterocycles. The molecule has 0 saturated carbocycles. The van der Waals surface area contributed by atoms with Crippen molar-refractivity contribution in [2.24, 2.45) is 0 Å². The Kier molecular flexibility index (Phi) is 5.40. The molecule has 0 spiro atoms. The molecule has 0 radical (unpaired) electrons. The maximum atomic E-state index is 13.6. The fraction of sp³-hybridized carbons (Fsp3) is 0.292. The second-order valence-corrected chi connectivity index (χ2v) is 7.84. The van der Waals surface area contributed by atoms with Gasteiger partial charge >= 0.3 is 0 Å². The van der Waals surface area contributed by atoms with Crippen LogP contribution in [0.3, 0.4) is 0 Å². The summed E-state index contributed by atoms with van der Waals surface area (Å²) in [5.74, 6) is 0.0191. The lowest BCUT2D eigenvalue weighted by molar-refractivity contribution is -0.133. The number of carbonyl (C=O) groups is 2. The van der Waals surface area contributed by atoms with Gasteiger partial charge in [0.1, 0.15) is 0 Å². The van der Waals surface area contributed by atoms with Gasteiger partial charge in [0, 0.05) is 37.6 Å². The van der Waals surface area contributed by atoms with Gasteiger partial charge in [-0.15, -0.1) is 0 Å². The van der Waals surface area contributed by atoms with Crippen LogP contribution in [0.25, 0.3) is 5.69 Å². The van der Waals surface area contributed by atoms with Crippen molar-refractivity contribution < 1.29 is 9.59 Å². The summed E-state index contributed by atoms with van der Waals surface area (Å²) in [6.45, 7) is 4.72. The van der Waals surface area contributed by atoms with E-state index in [-0.39, 0.29) is 11.8 Å². The monoisotopic (exact) mass is 402 g/mol. The van der Waals surface area contributed by atoms with Gasteiger partial charge in [0.2, 0.25) is 11.8 Å². The Labute approximate surface area is 176 Å². The molecule has 1 N–H and O–H groups in total. The third-order valence-corrected chi connectivity index (χ3v) is 6.00. The zero-order valence-corrected chi connectivity index (χ0v) is 17.3. The molecule has 2 heterocycles. The SMILES string of the molecule is CC(=O)N1CCC(C(=O)Nc2cccc(-n3nccc3C)c2)(c2ccccc2)CC1. The van der Waals surface area contributed by atoms with Crippen molar-refractivity contribution in [3.8, 4) is 5.69 Å². The predicted molar refractivity (Wildman–Crippen MR) is 117 cm³/mol. The van der Waals surface area contributed by atoms with Gasteiger partial charge in [-0.25, -0.2) is 4.68 Å². The summed E-state index contributed by atoms with van der Waals surface area (Å²) in [4.78, 5) is 27.2. The zero-order valence-electron chi connectivity index (χ0n) is 17.3. The average Bonchev–Trinajstić information content (AvgIpc) is 3.20. The third kappa shape index (κ3) is 3.73. The molecule has 4 rings (SSSR count). The Balaban J connectivity index is 1.62. The van der Waals surface area contributed by atoms with E-state index in [1.165, 1.54) is 0 Å². The van der Waals surface area contributed by atoms with Gasteiger partial charge in [0.25, 0.3) is 0 Å².